The van der Waals surface area contributed by atoms with Crippen LogP contribution in [0.4, 0.5) is 5.82 Å². The van der Waals surface area contributed by atoms with Crippen molar-refractivity contribution < 1.29 is 4.74 Å². The van der Waals surface area contributed by atoms with Gasteiger partial charge in [0.25, 0.3) is 0 Å². The van der Waals surface area contributed by atoms with Crippen molar-refractivity contribution in [3.8, 4) is 5.75 Å². The smallest absolute Gasteiger partial charge is 0.155 e. The molecule has 4 nitrogen and oxygen atoms in total. The van der Waals surface area contributed by atoms with E-state index in [9.17, 15) is 0 Å². The van der Waals surface area contributed by atoms with Crippen LogP contribution in [0, 0.1) is 13.8 Å². The van der Waals surface area contributed by atoms with Crippen LogP contribution in [0.5, 0.6) is 5.75 Å². The molecule has 0 atom stereocenters. The Bertz CT molecular complexity index is 570. The molecule has 2 rings (SSSR count). The van der Waals surface area contributed by atoms with Gasteiger partial charge >= 0.3 is 0 Å². The summed E-state index contributed by atoms with van der Waals surface area (Å²) < 4.78 is 5.12. The number of rotatable bonds is 4. The molecule has 0 radical (unpaired) electrons. The summed E-state index contributed by atoms with van der Waals surface area (Å²) in [5, 5.41) is 11.7. The molecule has 19 heavy (non-hydrogen) atoms. The third-order valence-corrected chi connectivity index (χ3v) is 3.44. The molecule has 0 aliphatic heterocycles. The Morgan fingerprint density at radius 2 is 1.79 bits per heavy atom. The second-order valence-electron chi connectivity index (χ2n) is 4.29. The van der Waals surface area contributed by atoms with E-state index in [0.717, 1.165) is 28.3 Å². The maximum atomic E-state index is 5.92. The van der Waals surface area contributed by atoms with Gasteiger partial charge in [-0.05, 0) is 42.7 Å². The molecule has 1 heterocycles. The molecule has 1 aromatic carbocycles. The van der Waals surface area contributed by atoms with Gasteiger partial charge in [-0.3, -0.25) is 0 Å². The van der Waals surface area contributed by atoms with Gasteiger partial charge in [-0.1, -0.05) is 23.7 Å². The fraction of sp³-hybridized carbons (Fsp3) is 0.286. The summed E-state index contributed by atoms with van der Waals surface area (Å²) in [7, 11) is 1.66. The first-order chi connectivity index (χ1) is 9.11. The lowest BCUT2D eigenvalue weighted by Crippen LogP contribution is -2.06. The Balaban J connectivity index is 2.08. The van der Waals surface area contributed by atoms with Crippen LogP contribution in [0.1, 0.15) is 16.7 Å². The summed E-state index contributed by atoms with van der Waals surface area (Å²) >= 11 is 5.92. The van der Waals surface area contributed by atoms with E-state index in [-0.39, 0.29) is 0 Å². The third-order valence-electron chi connectivity index (χ3n) is 3.08. The number of benzene rings is 1. The van der Waals surface area contributed by atoms with E-state index in [1.807, 2.05) is 38.1 Å². The van der Waals surface area contributed by atoms with Crippen LogP contribution in [-0.2, 0) is 6.54 Å². The number of halogens is 1. The van der Waals surface area contributed by atoms with Gasteiger partial charge in [0.15, 0.2) is 11.0 Å². The van der Waals surface area contributed by atoms with Crippen LogP contribution in [-0.4, -0.2) is 17.3 Å². The zero-order chi connectivity index (χ0) is 13.8. The standard InChI is InChI=1S/C14H16ClN3O/c1-9-10(2)14(18-17-13(9)15)16-8-11-4-6-12(19-3)7-5-11/h4-7H,8H2,1-3H3,(H,16,18). The minimum Gasteiger partial charge on any atom is -0.497 e. The van der Waals surface area contributed by atoms with Crippen LogP contribution in [0.3, 0.4) is 0 Å². The van der Waals surface area contributed by atoms with Gasteiger partial charge in [0, 0.05) is 6.54 Å². The first kappa shape index (κ1) is 13.6. The highest BCUT2D eigenvalue weighted by Gasteiger charge is 2.07. The fourth-order valence-corrected chi connectivity index (χ4v) is 1.85. The van der Waals surface area contributed by atoms with Crippen LogP contribution < -0.4 is 10.1 Å². The molecule has 2 aromatic rings. The van der Waals surface area contributed by atoms with E-state index in [0.29, 0.717) is 11.7 Å². The minimum absolute atomic E-state index is 0.451. The third kappa shape index (κ3) is 3.15. The summed E-state index contributed by atoms with van der Waals surface area (Å²) in [6, 6.07) is 7.89. The molecule has 1 aromatic heterocycles. The number of aromatic nitrogens is 2. The Morgan fingerprint density at radius 1 is 1.11 bits per heavy atom. The Hall–Kier alpha value is -1.81. The Kier molecular flexibility index (Phi) is 4.22. The molecule has 1 N–H and O–H groups in total. The van der Waals surface area contributed by atoms with Gasteiger partial charge in [-0.2, -0.15) is 0 Å². The van der Waals surface area contributed by atoms with Crippen molar-refractivity contribution in [1.29, 1.82) is 0 Å². The Morgan fingerprint density at radius 3 is 2.42 bits per heavy atom. The first-order valence-electron chi connectivity index (χ1n) is 5.98. The van der Waals surface area contributed by atoms with Crippen LogP contribution in [0.25, 0.3) is 0 Å². The number of nitrogens with one attached hydrogen (secondary N) is 1. The predicted molar refractivity (Wildman–Crippen MR) is 76.8 cm³/mol. The summed E-state index contributed by atoms with van der Waals surface area (Å²) in [5.74, 6) is 1.61. The van der Waals surface area contributed by atoms with Crippen molar-refractivity contribution in [1.82, 2.24) is 10.2 Å². The predicted octanol–water partition coefficient (Wildman–Crippen LogP) is 3.37. The van der Waals surface area contributed by atoms with Gasteiger partial charge in [0.1, 0.15) is 5.75 Å². The van der Waals surface area contributed by atoms with Crippen LogP contribution in [0.2, 0.25) is 5.15 Å². The SMILES string of the molecule is COc1ccc(CNc2nnc(Cl)c(C)c2C)cc1. The molecular formula is C14H16ClN3O. The van der Waals surface area contributed by atoms with Crippen molar-refractivity contribution in [3.05, 3.63) is 46.1 Å². The van der Waals surface area contributed by atoms with Gasteiger partial charge in [0.2, 0.25) is 0 Å². The lowest BCUT2D eigenvalue weighted by atomic mass is 10.2. The number of anilines is 1. The minimum atomic E-state index is 0.451. The van der Waals surface area contributed by atoms with Gasteiger partial charge in [0.05, 0.1) is 7.11 Å². The number of nitrogens with zero attached hydrogens (tertiary/aromatic N) is 2. The molecule has 0 spiro atoms. The molecule has 0 fully saturated rings. The molecule has 5 heteroatoms. The first-order valence-corrected chi connectivity index (χ1v) is 6.36. The largest absolute Gasteiger partial charge is 0.497 e. The van der Waals surface area contributed by atoms with Crippen molar-refractivity contribution in [3.63, 3.8) is 0 Å². The number of hydrogen-bond donors (Lipinski definition) is 1. The summed E-state index contributed by atoms with van der Waals surface area (Å²) in [5.41, 5.74) is 3.12. The van der Waals surface area contributed by atoms with Crippen molar-refractivity contribution in [2.24, 2.45) is 0 Å². The van der Waals surface area contributed by atoms with Crippen LogP contribution >= 0.6 is 11.6 Å². The molecule has 0 saturated carbocycles. The molecule has 0 amide bonds. The topological polar surface area (TPSA) is 47.0 Å². The molecule has 0 saturated heterocycles. The van der Waals surface area contributed by atoms with Gasteiger partial charge in [-0.25, -0.2) is 0 Å². The number of methoxy groups -OCH3 is 1. The maximum Gasteiger partial charge on any atom is 0.155 e. The Labute approximate surface area is 117 Å². The summed E-state index contributed by atoms with van der Waals surface area (Å²) in [6.07, 6.45) is 0. The van der Waals surface area contributed by atoms with Crippen LogP contribution in [0.15, 0.2) is 24.3 Å². The van der Waals surface area contributed by atoms with Gasteiger partial charge in [-0.15, -0.1) is 10.2 Å². The molecule has 0 aliphatic rings. The fourth-order valence-electron chi connectivity index (χ4n) is 1.67. The van der Waals surface area contributed by atoms with E-state index < -0.39 is 0 Å². The van der Waals surface area contributed by atoms with E-state index >= 15 is 0 Å². The average molecular weight is 278 g/mol. The second kappa shape index (κ2) is 5.89. The molecule has 0 bridgehead atoms. The van der Waals surface area contributed by atoms with Crippen molar-refractivity contribution in [2.75, 3.05) is 12.4 Å². The lowest BCUT2D eigenvalue weighted by Gasteiger charge is -2.10. The van der Waals surface area contributed by atoms with Gasteiger partial charge < -0.3 is 10.1 Å². The highest BCUT2D eigenvalue weighted by Crippen LogP contribution is 2.21. The van der Waals surface area contributed by atoms with E-state index in [1.54, 1.807) is 7.11 Å². The number of hydrogen-bond acceptors (Lipinski definition) is 4. The van der Waals surface area contributed by atoms with Crippen molar-refractivity contribution in [2.45, 2.75) is 20.4 Å². The number of ether oxygens (including phenoxy) is 1. The molecule has 100 valence electrons. The summed E-state index contributed by atoms with van der Waals surface area (Å²) in [6.45, 7) is 4.59. The van der Waals surface area contributed by atoms with E-state index in [4.69, 9.17) is 16.3 Å². The average Bonchev–Trinajstić information content (AvgIpc) is 2.45. The quantitative estimate of drug-likeness (QED) is 0.931. The molecular weight excluding hydrogens is 262 g/mol. The molecule has 0 unspecified atom stereocenters. The zero-order valence-corrected chi connectivity index (χ0v) is 12.0. The maximum absolute atomic E-state index is 5.92. The zero-order valence-electron chi connectivity index (χ0n) is 11.2. The lowest BCUT2D eigenvalue weighted by molar-refractivity contribution is 0.414. The molecule has 0 aliphatic carbocycles. The van der Waals surface area contributed by atoms with Crippen molar-refractivity contribution >= 4 is 17.4 Å². The normalized spacial score (nSPS) is 10.3. The highest BCUT2D eigenvalue weighted by atomic mass is 35.5. The summed E-state index contributed by atoms with van der Waals surface area (Å²) in [4.78, 5) is 0. The van der Waals surface area contributed by atoms with E-state index in [1.165, 1.54) is 0 Å². The van der Waals surface area contributed by atoms with E-state index in [2.05, 4.69) is 15.5 Å². The monoisotopic (exact) mass is 277 g/mol. The highest BCUT2D eigenvalue weighted by molar-refractivity contribution is 6.30. The second-order valence-corrected chi connectivity index (χ2v) is 4.65.